The Balaban J connectivity index is 1.52. The van der Waals surface area contributed by atoms with E-state index < -0.39 is 5.92 Å². The minimum Gasteiger partial charge on any atom is -0.483 e. The minimum atomic E-state index is -0.619. The number of halogens is 2. The number of nitrogens with one attached hydrogen (secondary N) is 2. The maximum absolute atomic E-state index is 13.7. The average Bonchev–Trinajstić information content (AvgIpc) is 2.82. The number of allylic oxidation sites excluding steroid dienone is 4. The third-order valence-electron chi connectivity index (χ3n) is 7.82. The highest BCUT2D eigenvalue weighted by Crippen LogP contribution is 2.52. The molecule has 3 aliphatic rings. The van der Waals surface area contributed by atoms with Crippen LogP contribution in [0.25, 0.3) is 0 Å². The number of Topliss-reactive ketones (excluding diaryl/α,β-unsaturated/α-hetero) is 2. The molecule has 40 heavy (non-hydrogen) atoms. The van der Waals surface area contributed by atoms with Gasteiger partial charge in [-0.25, -0.2) is 0 Å². The first kappa shape index (κ1) is 28.4. The van der Waals surface area contributed by atoms with Crippen molar-refractivity contribution in [1.29, 1.82) is 0 Å². The molecule has 0 unspecified atom stereocenters. The molecule has 2 N–H and O–H groups in total. The van der Waals surface area contributed by atoms with Crippen LogP contribution in [0.3, 0.4) is 0 Å². The van der Waals surface area contributed by atoms with Crippen LogP contribution in [0.5, 0.6) is 5.75 Å². The predicted molar refractivity (Wildman–Crippen MR) is 158 cm³/mol. The van der Waals surface area contributed by atoms with Gasteiger partial charge in [-0.3, -0.25) is 14.4 Å². The van der Waals surface area contributed by atoms with Gasteiger partial charge in [0.05, 0.1) is 0 Å². The fraction of sp³-hybridized carbons (Fsp3) is 0.406. The van der Waals surface area contributed by atoms with Crippen molar-refractivity contribution in [3.05, 3.63) is 80.1 Å². The van der Waals surface area contributed by atoms with Crippen LogP contribution in [-0.2, 0) is 14.4 Å². The van der Waals surface area contributed by atoms with Gasteiger partial charge in [0.2, 0.25) is 0 Å². The molecule has 2 aromatic rings. The number of hydrogen-bond acceptors (Lipinski definition) is 5. The van der Waals surface area contributed by atoms with Gasteiger partial charge in [0.15, 0.2) is 18.2 Å². The van der Waals surface area contributed by atoms with Gasteiger partial charge in [-0.05, 0) is 66.5 Å². The molecule has 0 saturated heterocycles. The minimum absolute atomic E-state index is 0.00727. The van der Waals surface area contributed by atoms with Crippen LogP contribution >= 0.6 is 23.2 Å². The van der Waals surface area contributed by atoms with Gasteiger partial charge < -0.3 is 15.4 Å². The Morgan fingerprint density at radius 3 is 2.10 bits per heavy atom. The summed E-state index contributed by atoms with van der Waals surface area (Å²) >= 11 is 12.7. The van der Waals surface area contributed by atoms with Crippen molar-refractivity contribution in [3.8, 4) is 5.75 Å². The van der Waals surface area contributed by atoms with Crippen LogP contribution in [0.4, 0.5) is 5.69 Å². The average molecular weight is 582 g/mol. The lowest BCUT2D eigenvalue weighted by Gasteiger charge is -2.44. The molecule has 0 aromatic heterocycles. The molecule has 2 aliphatic carbocycles. The smallest absolute Gasteiger partial charge is 0.262 e. The molecule has 5 rings (SSSR count). The largest absolute Gasteiger partial charge is 0.483 e. The summed E-state index contributed by atoms with van der Waals surface area (Å²) < 4.78 is 6.05. The van der Waals surface area contributed by atoms with Crippen LogP contribution in [0.2, 0.25) is 10.0 Å². The fourth-order valence-electron chi connectivity index (χ4n) is 6.09. The summed E-state index contributed by atoms with van der Waals surface area (Å²) in [5.41, 5.74) is 4.58. The molecule has 0 spiro atoms. The van der Waals surface area contributed by atoms with E-state index in [1.807, 2.05) is 13.0 Å². The lowest BCUT2D eigenvalue weighted by atomic mass is 9.64. The highest BCUT2D eigenvalue weighted by Gasteiger charge is 2.47. The van der Waals surface area contributed by atoms with Crippen LogP contribution in [0.15, 0.2) is 58.9 Å². The Morgan fingerprint density at radius 2 is 1.52 bits per heavy atom. The Kier molecular flexibility index (Phi) is 7.38. The number of amides is 1. The number of ketones is 2. The zero-order chi connectivity index (χ0) is 29.0. The zero-order valence-corrected chi connectivity index (χ0v) is 25.0. The molecule has 8 heteroatoms. The highest BCUT2D eigenvalue weighted by molar-refractivity contribution is 6.31. The lowest BCUT2D eigenvalue weighted by Crippen LogP contribution is -2.42. The Labute approximate surface area is 245 Å². The standard InChI is InChI=1S/C32H34Cl2N2O4/c1-17-6-8-19(11-21(17)34)35-27(39)16-40-26-9-7-18(33)10-20(26)28-29-22(12-31(2,3)14-24(29)37)36-23-13-32(4,5)15-25(38)30(23)28/h6-11,28,36H,12-16H2,1-5H3,(H,35,39). The second-order valence-electron chi connectivity index (χ2n) is 12.7. The fourth-order valence-corrected chi connectivity index (χ4v) is 6.45. The normalized spacial score (nSPS) is 20.1. The molecule has 210 valence electrons. The van der Waals surface area contributed by atoms with E-state index in [2.05, 4.69) is 38.3 Å². The van der Waals surface area contributed by atoms with Crippen molar-refractivity contribution >= 4 is 46.4 Å². The number of carbonyl (C=O) groups excluding carboxylic acids is 3. The molecule has 0 bridgehead atoms. The second-order valence-corrected chi connectivity index (χ2v) is 13.6. The highest BCUT2D eigenvalue weighted by atomic mass is 35.5. The van der Waals surface area contributed by atoms with Crippen LogP contribution < -0.4 is 15.4 Å². The summed E-state index contributed by atoms with van der Waals surface area (Å²) in [5.74, 6) is -0.564. The van der Waals surface area contributed by atoms with Gasteiger partial charge >= 0.3 is 0 Å². The molecule has 6 nitrogen and oxygen atoms in total. The van der Waals surface area contributed by atoms with Crippen molar-refractivity contribution in [3.63, 3.8) is 0 Å². The molecule has 2 aromatic carbocycles. The first-order valence-electron chi connectivity index (χ1n) is 13.5. The molecule has 1 aliphatic heterocycles. The number of ether oxygens (including phenoxy) is 1. The third-order valence-corrected chi connectivity index (χ3v) is 8.46. The van der Waals surface area contributed by atoms with Gasteiger partial charge in [0.25, 0.3) is 5.91 Å². The van der Waals surface area contributed by atoms with Crippen molar-refractivity contribution in [2.75, 3.05) is 11.9 Å². The van der Waals surface area contributed by atoms with Crippen LogP contribution in [0.1, 0.15) is 70.4 Å². The summed E-state index contributed by atoms with van der Waals surface area (Å²) in [7, 11) is 0. The molecule has 0 atom stereocenters. The van der Waals surface area contributed by atoms with Crippen molar-refractivity contribution in [2.45, 2.75) is 66.2 Å². The molecular weight excluding hydrogens is 547 g/mol. The number of hydrogen-bond donors (Lipinski definition) is 2. The first-order valence-corrected chi connectivity index (χ1v) is 14.3. The molecule has 0 saturated carbocycles. The van der Waals surface area contributed by atoms with Crippen molar-refractivity contribution in [2.24, 2.45) is 10.8 Å². The van der Waals surface area contributed by atoms with Gasteiger partial charge in [-0.15, -0.1) is 0 Å². The van der Waals surface area contributed by atoms with Gasteiger partial charge in [-0.1, -0.05) is 57.0 Å². The first-order chi connectivity index (χ1) is 18.7. The Hall–Kier alpha value is -3.09. The summed E-state index contributed by atoms with van der Waals surface area (Å²) in [5, 5.41) is 7.33. The lowest BCUT2D eigenvalue weighted by molar-refractivity contribution is -0.120. The van der Waals surface area contributed by atoms with E-state index in [0.717, 1.165) is 17.0 Å². The Bertz CT molecular complexity index is 1450. The number of benzene rings is 2. The molecule has 0 radical (unpaired) electrons. The number of carbonyl (C=O) groups is 3. The number of anilines is 1. The monoisotopic (exact) mass is 580 g/mol. The summed E-state index contributed by atoms with van der Waals surface area (Å²) in [4.78, 5) is 40.1. The number of aryl methyl sites for hydroxylation is 1. The Morgan fingerprint density at radius 1 is 0.925 bits per heavy atom. The maximum Gasteiger partial charge on any atom is 0.262 e. The number of dihydropyridines is 1. The van der Waals surface area contributed by atoms with E-state index in [1.165, 1.54) is 0 Å². The second kappa shape index (κ2) is 10.4. The third kappa shape index (κ3) is 5.70. The van der Waals surface area contributed by atoms with E-state index >= 15 is 0 Å². The summed E-state index contributed by atoms with van der Waals surface area (Å²) in [6, 6.07) is 10.4. The number of rotatable bonds is 5. The van der Waals surface area contributed by atoms with Gasteiger partial charge in [0.1, 0.15) is 5.75 Å². The molecule has 0 fully saturated rings. The van der Waals surface area contributed by atoms with E-state index in [4.69, 9.17) is 27.9 Å². The van der Waals surface area contributed by atoms with E-state index in [1.54, 1.807) is 30.3 Å². The quantitative estimate of drug-likeness (QED) is 0.387. The van der Waals surface area contributed by atoms with Crippen LogP contribution in [-0.4, -0.2) is 24.1 Å². The van der Waals surface area contributed by atoms with E-state index in [9.17, 15) is 14.4 Å². The SMILES string of the molecule is Cc1ccc(NC(=O)COc2ccc(Cl)cc2C2C3=C(CC(C)(C)CC3=O)NC3=C2C(=O)CC(C)(C)C3)cc1Cl. The van der Waals surface area contributed by atoms with Crippen molar-refractivity contribution in [1.82, 2.24) is 5.32 Å². The van der Waals surface area contributed by atoms with E-state index in [0.29, 0.717) is 63.9 Å². The van der Waals surface area contributed by atoms with Crippen molar-refractivity contribution < 1.29 is 19.1 Å². The molecule has 1 amide bonds. The molecular formula is C32H34Cl2N2O4. The van der Waals surface area contributed by atoms with Gasteiger partial charge in [0, 0.05) is 62.6 Å². The summed E-state index contributed by atoms with van der Waals surface area (Å²) in [6.45, 7) is 9.94. The molecule has 1 heterocycles. The maximum atomic E-state index is 13.7. The summed E-state index contributed by atoms with van der Waals surface area (Å²) in [6.07, 6.45) is 2.14. The topological polar surface area (TPSA) is 84.5 Å². The van der Waals surface area contributed by atoms with Crippen LogP contribution in [0, 0.1) is 17.8 Å². The predicted octanol–water partition coefficient (Wildman–Crippen LogP) is 7.29. The van der Waals surface area contributed by atoms with E-state index in [-0.39, 0.29) is 34.9 Å². The van der Waals surface area contributed by atoms with Gasteiger partial charge in [-0.2, -0.15) is 0 Å². The zero-order valence-electron chi connectivity index (χ0n) is 23.5.